The van der Waals surface area contributed by atoms with E-state index in [1.807, 2.05) is 16.0 Å². The number of hydrogen-bond donors (Lipinski definition) is 2. The Balaban J connectivity index is 1.74. The number of carbonyl (C=O) groups is 2. The highest BCUT2D eigenvalue weighted by atomic mass is 32.1. The summed E-state index contributed by atoms with van der Waals surface area (Å²) in [5, 5.41) is 14.3. The van der Waals surface area contributed by atoms with E-state index in [1.165, 1.54) is 11.3 Å². The number of aliphatic carboxylic acids is 1. The average molecular weight is 321 g/mol. The Kier molecular flexibility index (Phi) is 4.15. The lowest BCUT2D eigenvalue weighted by Crippen LogP contribution is -2.54. The van der Waals surface area contributed by atoms with Crippen molar-refractivity contribution in [3.05, 3.63) is 23.5 Å². The molecule has 1 aliphatic rings. The number of aromatic nitrogens is 2. The van der Waals surface area contributed by atoms with E-state index in [1.54, 1.807) is 6.20 Å². The average Bonchev–Trinajstić information content (AvgIpc) is 2.99. The minimum atomic E-state index is -1.10. The van der Waals surface area contributed by atoms with Gasteiger partial charge in [-0.05, 0) is 12.8 Å². The molecule has 2 heterocycles. The SMILES string of the molecule is O=C(Cc1csc2nccn12)NC1(C(=O)O)CCCCCC1. The zero-order valence-corrected chi connectivity index (χ0v) is 13.1. The fourth-order valence-electron chi connectivity index (χ4n) is 3.10. The van der Waals surface area contributed by atoms with E-state index in [-0.39, 0.29) is 12.3 Å². The van der Waals surface area contributed by atoms with Crippen molar-refractivity contribution in [3.8, 4) is 0 Å². The summed E-state index contributed by atoms with van der Waals surface area (Å²) in [5.41, 5.74) is -0.262. The molecule has 0 aromatic carbocycles. The fourth-order valence-corrected chi connectivity index (χ4v) is 3.95. The molecule has 1 amide bonds. The van der Waals surface area contributed by atoms with Gasteiger partial charge < -0.3 is 10.4 Å². The predicted molar refractivity (Wildman–Crippen MR) is 83.0 cm³/mol. The van der Waals surface area contributed by atoms with Crippen LogP contribution in [-0.2, 0) is 16.0 Å². The zero-order valence-electron chi connectivity index (χ0n) is 12.2. The number of nitrogens with zero attached hydrogens (tertiary/aromatic N) is 2. The van der Waals surface area contributed by atoms with E-state index >= 15 is 0 Å². The molecule has 0 saturated heterocycles. The molecule has 1 fully saturated rings. The van der Waals surface area contributed by atoms with Crippen molar-refractivity contribution >= 4 is 28.2 Å². The van der Waals surface area contributed by atoms with E-state index in [4.69, 9.17) is 0 Å². The number of fused-ring (bicyclic) bond motifs is 1. The van der Waals surface area contributed by atoms with E-state index in [9.17, 15) is 14.7 Å². The minimum Gasteiger partial charge on any atom is -0.480 e. The van der Waals surface area contributed by atoms with Gasteiger partial charge >= 0.3 is 5.97 Å². The van der Waals surface area contributed by atoms with Crippen LogP contribution in [0.1, 0.15) is 44.2 Å². The molecule has 0 spiro atoms. The van der Waals surface area contributed by atoms with Gasteiger partial charge in [-0.2, -0.15) is 0 Å². The molecule has 7 heteroatoms. The summed E-state index contributed by atoms with van der Waals surface area (Å²) in [5.74, 6) is -1.15. The van der Waals surface area contributed by atoms with Crippen LogP contribution in [0.4, 0.5) is 0 Å². The van der Waals surface area contributed by atoms with Gasteiger partial charge in [0.2, 0.25) is 5.91 Å². The smallest absolute Gasteiger partial charge is 0.329 e. The molecule has 118 valence electrons. The second-order valence-electron chi connectivity index (χ2n) is 5.83. The third-order valence-corrected chi connectivity index (χ3v) is 5.21. The second-order valence-corrected chi connectivity index (χ2v) is 6.67. The molecule has 0 aliphatic heterocycles. The Labute approximate surface area is 132 Å². The Morgan fingerprint density at radius 3 is 2.73 bits per heavy atom. The third-order valence-electron chi connectivity index (χ3n) is 4.30. The maximum atomic E-state index is 12.4. The lowest BCUT2D eigenvalue weighted by molar-refractivity contribution is -0.148. The molecular weight excluding hydrogens is 302 g/mol. The van der Waals surface area contributed by atoms with Crippen LogP contribution >= 0.6 is 11.3 Å². The molecule has 2 N–H and O–H groups in total. The topological polar surface area (TPSA) is 83.7 Å². The largest absolute Gasteiger partial charge is 0.480 e. The quantitative estimate of drug-likeness (QED) is 0.846. The Bertz CT molecular complexity index is 683. The van der Waals surface area contributed by atoms with Gasteiger partial charge in [0.15, 0.2) is 4.96 Å². The molecule has 2 aromatic rings. The number of amides is 1. The predicted octanol–water partition coefficient (Wildman–Crippen LogP) is 2.23. The number of carboxylic acids is 1. The van der Waals surface area contributed by atoms with Gasteiger partial charge in [0.1, 0.15) is 5.54 Å². The van der Waals surface area contributed by atoms with Crippen molar-refractivity contribution in [1.82, 2.24) is 14.7 Å². The van der Waals surface area contributed by atoms with E-state index in [0.717, 1.165) is 36.3 Å². The first-order valence-electron chi connectivity index (χ1n) is 7.55. The van der Waals surface area contributed by atoms with Gasteiger partial charge in [-0.3, -0.25) is 9.20 Å². The maximum absolute atomic E-state index is 12.4. The van der Waals surface area contributed by atoms with Crippen molar-refractivity contribution in [2.75, 3.05) is 0 Å². The van der Waals surface area contributed by atoms with Crippen molar-refractivity contribution in [1.29, 1.82) is 0 Å². The zero-order chi connectivity index (χ0) is 15.6. The summed E-state index contributed by atoms with van der Waals surface area (Å²) in [7, 11) is 0. The van der Waals surface area contributed by atoms with Crippen LogP contribution in [0.15, 0.2) is 17.8 Å². The molecule has 0 atom stereocenters. The molecule has 0 radical (unpaired) electrons. The Morgan fingerprint density at radius 2 is 2.05 bits per heavy atom. The first-order chi connectivity index (χ1) is 10.6. The normalized spacial score (nSPS) is 18.0. The van der Waals surface area contributed by atoms with Crippen molar-refractivity contribution in [2.24, 2.45) is 0 Å². The number of thiazole rings is 1. The fraction of sp³-hybridized carbons (Fsp3) is 0.533. The summed E-state index contributed by atoms with van der Waals surface area (Å²) >= 11 is 1.47. The number of carboxylic acid groups (broad SMARTS) is 1. The molecule has 22 heavy (non-hydrogen) atoms. The van der Waals surface area contributed by atoms with Gasteiger partial charge in [0.25, 0.3) is 0 Å². The molecule has 2 aromatic heterocycles. The van der Waals surface area contributed by atoms with Crippen LogP contribution in [0.2, 0.25) is 0 Å². The van der Waals surface area contributed by atoms with Gasteiger partial charge in [0, 0.05) is 23.5 Å². The molecule has 0 bridgehead atoms. The lowest BCUT2D eigenvalue weighted by Gasteiger charge is -2.29. The highest BCUT2D eigenvalue weighted by Gasteiger charge is 2.40. The summed E-state index contributed by atoms with van der Waals surface area (Å²) in [4.78, 5) is 29.1. The molecule has 1 saturated carbocycles. The van der Waals surface area contributed by atoms with Crippen LogP contribution in [0.5, 0.6) is 0 Å². The van der Waals surface area contributed by atoms with Gasteiger partial charge in [-0.15, -0.1) is 11.3 Å². The highest BCUT2D eigenvalue weighted by molar-refractivity contribution is 7.15. The second kappa shape index (κ2) is 6.08. The first kappa shape index (κ1) is 15.0. The van der Waals surface area contributed by atoms with Crippen LogP contribution in [0.25, 0.3) is 4.96 Å². The first-order valence-corrected chi connectivity index (χ1v) is 8.42. The minimum absolute atomic E-state index is 0.172. The summed E-state index contributed by atoms with van der Waals surface area (Å²) in [6.45, 7) is 0. The van der Waals surface area contributed by atoms with E-state index in [2.05, 4.69) is 10.3 Å². The Hall–Kier alpha value is -1.89. The van der Waals surface area contributed by atoms with Crippen LogP contribution in [0, 0.1) is 0 Å². The number of carbonyl (C=O) groups excluding carboxylic acids is 1. The van der Waals surface area contributed by atoms with Crippen LogP contribution in [0.3, 0.4) is 0 Å². The number of nitrogens with one attached hydrogen (secondary N) is 1. The molecule has 6 nitrogen and oxygen atoms in total. The van der Waals surface area contributed by atoms with Gasteiger partial charge in [0.05, 0.1) is 6.42 Å². The molecule has 3 rings (SSSR count). The number of rotatable bonds is 4. The lowest BCUT2D eigenvalue weighted by atomic mass is 9.90. The summed E-state index contributed by atoms with van der Waals surface area (Å²) in [6.07, 6.45) is 8.45. The third kappa shape index (κ3) is 2.85. The molecule has 1 aliphatic carbocycles. The van der Waals surface area contributed by atoms with E-state index < -0.39 is 11.5 Å². The molecular formula is C15H19N3O3S. The van der Waals surface area contributed by atoms with Crippen LogP contribution in [-0.4, -0.2) is 31.9 Å². The monoisotopic (exact) mass is 321 g/mol. The maximum Gasteiger partial charge on any atom is 0.329 e. The molecule has 0 unspecified atom stereocenters. The van der Waals surface area contributed by atoms with Crippen molar-refractivity contribution < 1.29 is 14.7 Å². The number of imidazole rings is 1. The van der Waals surface area contributed by atoms with Gasteiger partial charge in [-0.1, -0.05) is 25.7 Å². The summed E-state index contributed by atoms with van der Waals surface area (Å²) in [6, 6.07) is 0. The standard InChI is InChI=1S/C15H19N3O3S/c19-12(9-11-10-22-14-16-7-8-18(11)14)17-15(13(20)21)5-3-1-2-4-6-15/h7-8,10H,1-6,9H2,(H,17,19)(H,20,21). The summed E-state index contributed by atoms with van der Waals surface area (Å²) < 4.78 is 1.87. The highest BCUT2D eigenvalue weighted by Crippen LogP contribution is 2.27. The Morgan fingerprint density at radius 1 is 1.32 bits per heavy atom. The van der Waals surface area contributed by atoms with E-state index in [0.29, 0.717) is 12.8 Å². The van der Waals surface area contributed by atoms with Crippen LogP contribution < -0.4 is 5.32 Å². The van der Waals surface area contributed by atoms with Crippen molar-refractivity contribution in [3.63, 3.8) is 0 Å². The van der Waals surface area contributed by atoms with Gasteiger partial charge in [-0.25, -0.2) is 9.78 Å². The van der Waals surface area contributed by atoms with Crippen molar-refractivity contribution in [2.45, 2.75) is 50.5 Å². The number of hydrogen-bond acceptors (Lipinski definition) is 4.